The topological polar surface area (TPSA) is 66.5 Å². The van der Waals surface area contributed by atoms with Crippen molar-refractivity contribution < 1.29 is 13.2 Å². The molecule has 0 saturated carbocycles. The van der Waals surface area contributed by atoms with E-state index >= 15 is 0 Å². The molecule has 0 aliphatic heterocycles. The average molecular weight is 390 g/mol. The van der Waals surface area contributed by atoms with Crippen molar-refractivity contribution in [3.63, 3.8) is 0 Å². The van der Waals surface area contributed by atoms with Crippen LogP contribution in [0.3, 0.4) is 0 Å². The molecule has 5 nitrogen and oxygen atoms in total. The van der Waals surface area contributed by atoms with Crippen LogP contribution in [0, 0.1) is 0 Å². The van der Waals surface area contributed by atoms with Crippen molar-refractivity contribution in [3.05, 3.63) is 26.7 Å². The van der Waals surface area contributed by atoms with E-state index in [1.54, 1.807) is 0 Å². The maximum atomic E-state index is 12.0. The van der Waals surface area contributed by atoms with E-state index < -0.39 is 10.0 Å². The molecule has 0 unspecified atom stereocenters. The summed E-state index contributed by atoms with van der Waals surface area (Å²) in [5.41, 5.74) is 0. The Morgan fingerprint density at radius 2 is 1.79 bits per heavy atom. The van der Waals surface area contributed by atoms with E-state index in [0.717, 1.165) is 0 Å². The van der Waals surface area contributed by atoms with Crippen LogP contribution in [-0.4, -0.2) is 39.9 Å². The summed E-state index contributed by atoms with van der Waals surface area (Å²) in [6, 6.07) is 2.82. The maximum Gasteiger partial charge on any atom is 0.244 e. The number of hydrogen-bond acceptors (Lipinski definition) is 3. The van der Waals surface area contributed by atoms with Crippen molar-refractivity contribution in [2.24, 2.45) is 0 Å². The summed E-state index contributed by atoms with van der Waals surface area (Å²) in [7, 11) is -0.901. The number of rotatable bonds is 4. The van der Waals surface area contributed by atoms with Gasteiger partial charge in [0, 0.05) is 18.6 Å². The molecule has 1 aromatic rings. The highest BCUT2D eigenvalue weighted by Gasteiger charge is 2.23. The Morgan fingerprint density at radius 1 is 1.32 bits per heavy atom. The lowest BCUT2D eigenvalue weighted by Crippen LogP contribution is -2.36. The number of carbonyl (C=O) groups is 1. The fourth-order valence-electron chi connectivity index (χ4n) is 1.17. The van der Waals surface area contributed by atoms with Crippen LogP contribution in [0.2, 0.25) is 10.0 Å². The minimum atomic E-state index is -3.95. The van der Waals surface area contributed by atoms with E-state index in [4.69, 9.17) is 23.2 Å². The van der Waals surface area contributed by atoms with Gasteiger partial charge in [-0.1, -0.05) is 39.1 Å². The Morgan fingerprint density at radius 3 is 2.21 bits per heavy atom. The first-order valence-corrected chi connectivity index (χ1v) is 8.02. The van der Waals surface area contributed by atoms with Gasteiger partial charge in [0.05, 0.1) is 16.6 Å². The number of sulfonamides is 1. The lowest BCUT2D eigenvalue weighted by Gasteiger charge is -2.13. The van der Waals surface area contributed by atoms with Crippen LogP contribution in [0.25, 0.3) is 0 Å². The molecule has 1 amide bonds. The van der Waals surface area contributed by atoms with Crippen LogP contribution in [0.5, 0.6) is 0 Å². The Kier molecular flexibility index (Phi) is 5.64. The summed E-state index contributed by atoms with van der Waals surface area (Å²) in [6.45, 7) is -0.363. The predicted octanol–water partition coefficient (Wildman–Crippen LogP) is 2.12. The van der Waals surface area contributed by atoms with Crippen LogP contribution in [0.1, 0.15) is 0 Å². The van der Waals surface area contributed by atoms with Crippen molar-refractivity contribution in [2.75, 3.05) is 20.6 Å². The van der Waals surface area contributed by atoms with Crippen molar-refractivity contribution in [2.45, 2.75) is 4.90 Å². The monoisotopic (exact) mass is 388 g/mol. The molecule has 0 fully saturated rings. The number of nitrogens with one attached hydrogen (secondary N) is 1. The highest BCUT2D eigenvalue weighted by Crippen LogP contribution is 2.32. The normalized spacial score (nSPS) is 11.4. The Hall–Kier alpha value is -0.340. The zero-order valence-corrected chi connectivity index (χ0v) is 14.0. The molecule has 0 aliphatic carbocycles. The molecular weight excluding hydrogens is 379 g/mol. The van der Waals surface area contributed by atoms with Gasteiger partial charge in [-0.25, -0.2) is 13.1 Å². The Labute approximate surface area is 130 Å². The van der Waals surface area contributed by atoms with Gasteiger partial charge in [-0.15, -0.1) is 0 Å². The molecule has 0 spiro atoms. The molecule has 0 bridgehead atoms. The van der Waals surface area contributed by atoms with Crippen LogP contribution in [-0.2, 0) is 14.8 Å². The first-order chi connectivity index (χ1) is 8.65. The van der Waals surface area contributed by atoms with Gasteiger partial charge in [0.15, 0.2) is 0 Å². The van der Waals surface area contributed by atoms with Gasteiger partial charge in [0.1, 0.15) is 4.90 Å². The van der Waals surface area contributed by atoms with E-state index in [0.29, 0.717) is 4.47 Å². The molecule has 1 aromatic carbocycles. The molecule has 0 aliphatic rings. The zero-order chi connectivity index (χ0) is 14.8. The van der Waals surface area contributed by atoms with Crippen molar-refractivity contribution in [1.82, 2.24) is 9.62 Å². The number of halogens is 3. The second-order valence-corrected chi connectivity index (χ2v) is 7.25. The first-order valence-electron chi connectivity index (χ1n) is 4.99. The highest BCUT2D eigenvalue weighted by molar-refractivity contribution is 9.10. The number of amides is 1. The largest absolute Gasteiger partial charge is 0.348 e. The van der Waals surface area contributed by atoms with E-state index in [2.05, 4.69) is 20.7 Å². The van der Waals surface area contributed by atoms with Gasteiger partial charge in [-0.3, -0.25) is 4.79 Å². The summed E-state index contributed by atoms with van der Waals surface area (Å²) in [5.74, 6) is -0.382. The molecule has 0 aromatic heterocycles. The number of benzene rings is 1. The molecule has 106 valence electrons. The van der Waals surface area contributed by atoms with E-state index in [-0.39, 0.29) is 27.4 Å². The first kappa shape index (κ1) is 16.7. The molecule has 1 rings (SSSR count). The second-order valence-electron chi connectivity index (χ2n) is 3.81. The molecule has 9 heteroatoms. The van der Waals surface area contributed by atoms with Gasteiger partial charge >= 0.3 is 0 Å². The molecule has 1 N–H and O–H groups in total. The maximum absolute atomic E-state index is 12.0. The SMILES string of the molecule is CN(C)C(=O)CNS(=O)(=O)c1c(Cl)cc(Br)cc1Cl. The van der Waals surface area contributed by atoms with E-state index in [1.807, 2.05) is 0 Å². The smallest absolute Gasteiger partial charge is 0.244 e. The standard InChI is InChI=1S/C10H11BrCl2N2O3S/c1-15(2)9(16)5-14-19(17,18)10-7(12)3-6(11)4-8(10)13/h3-4,14H,5H2,1-2H3. The highest BCUT2D eigenvalue weighted by atomic mass is 79.9. The zero-order valence-electron chi connectivity index (χ0n) is 10.1. The molecule has 0 radical (unpaired) electrons. The van der Waals surface area contributed by atoms with Crippen molar-refractivity contribution in [3.8, 4) is 0 Å². The van der Waals surface area contributed by atoms with Gasteiger partial charge < -0.3 is 4.90 Å². The quantitative estimate of drug-likeness (QED) is 0.857. The average Bonchev–Trinajstić information content (AvgIpc) is 2.23. The van der Waals surface area contributed by atoms with Gasteiger partial charge in [-0.2, -0.15) is 0 Å². The predicted molar refractivity (Wildman–Crippen MR) is 78.0 cm³/mol. The third-order valence-corrected chi connectivity index (χ3v) is 4.92. The molecular formula is C10H11BrCl2N2O3S. The van der Waals surface area contributed by atoms with Crippen molar-refractivity contribution >= 4 is 55.1 Å². The number of hydrogen-bond donors (Lipinski definition) is 1. The fourth-order valence-corrected chi connectivity index (χ4v) is 4.08. The van der Waals surface area contributed by atoms with Crippen LogP contribution >= 0.6 is 39.1 Å². The molecule has 0 saturated heterocycles. The third-order valence-electron chi connectivity index (χ3n) is 2.14. The van der Waals surface area contributed by atoms with Gasteiger partial charge in [-0.05, 0) is 12.1 Å². The summed E-state index contributed by atoms with van der Waals surface area (Å²) in [4.78, 5) is 12.4. The van der Waals surface area contributed by atoms with Crippen LogP contribution < -0.4 is 4.72 Å². The minimum Gasteiger partial charge on any atom is -0.348 e. The third kappa shape index (κ3) is 4.32. The minimum absolute atomic E-state index is 0.0239. The fraction of sp³-hybridized carbons (Fsp3) is 0.300. The number of nitrogens with zero attached hydrogens (tertiary/aromatic N) is 1. The van der Waals surface area contributed by atoms with E-state index in [1.165, 1.54) is 31.1 Å². The van der Waals surface area contributed by atoms with Crippen molar-refractivity contribution in [1.29, 1.82) is 0 Å². The molecule has 0 atom stereocenters. The summed E-state index contributed by atoms with van der Waals surface area (Å²) >= 11 is 14.9. The van der Waals surface area contributed by atoms with Crippen LogP contribution in [0.4, 0.5) is 0 Å². The lowest BCUT2D eigenvalue weighted by molar-refractivity contribution is -0.127. The summed E-state index contributed by atoms with van der Waals surface area (Å²) < 4.78 is 26.8. The number of likely N-dealkylation sites (N-methyl/N-ethyl adjacent to an activating group) is 1. The van der Waals surface area contributed by atoms with E-state index in [9.17, 15) is 13.2 Å². The Bertz CT molecular complexity index is 582. The second kappa shape index (κ2) is 6.41. The molecule has 0 heterocycles. The van der Waals surface area contributed by atoms with Gasteiger partial charge in [0.2, 0.25) is 15.9 Å². The molecule has 19 heavy (non-hydrogen) atoms. The number of carbonyl (C=O) groups excluding carboxylic acids is 1. The van der Waals surface area contributed by atoms with Gasteiger partial charge in [0.25, 0.3) is 0 Å². The summed E-state index contributed by atoms with van der Waals surface area (Å²) in [6.07, 6.45) is 0. The Balaban J connectivity index is 3.05. The van der Waals surface area contributed by atoms with Crippen LogP contribution in [0.15, 0.2) is 21.5 Å². The lowest BCUT2D eigenvalue weighted by atomic mass is 10.4. The summed E-state index contributed by atoms with van der Waals surface area (Å²) in [5, 5.41) is -0.0478.